The predicted molar refractivity (Wildman–Crippen MR) is 64.5 cm³/mol. The zero-order chi connectivity index (χ0) is 14.0. The Morgan fingerprint density at radius 1 is 1.42 bits per heavy atom. The molecular formula is C12H10FN3O3. The quantitative estimate of drug-likeness (QED) is 0.879. The van der Waals surface area contributed by atoms with Gasteiger partial charge in [0.05, 0.1) is 17.3 Å². The lowest BCUT2D eigenvalue weighted by Gasteiger charge is -2.05. The summed E-state index contributed by atoms with van der Waals surface area (Å²) in [4.78, 5) is 22.4. The Labute approximate surface area is 107 Å². The Morgan fingerprint density at radius 2 is 2.16 bits per heavy atom. The molecule has 0 aliphatic rings. The van der Waals surface area contributed by atoms with Crippen LogP contribution in [0, 0.1) is 5.82 Å². The highest BCUT2D eigenvalue weighted by molar-refractivity contribution is 6.04. The Balaban J connectivity index is 2.18. The van der Waals surface area contributed by atoms with Gasteiger partial charge < -0.3 is 10.4 Å². The molecule has 2 N–H and O–H groups in total. The summed E-state index contributed by atoms with van der Waals surface area (Å²) in [6.07, 6.45) is 2.88. The molecule has 0 spiro atoms. The summed E-state index contributed by atoms with van der Waals surface area (Å²) in [6.45, 7) is 0. The van der Waals surface area contributed by atoms with Crippen molar-refractivity contribution in [1.82, 2.24) is 9.78 Å². The summed E-state index contributed by atoms with van der Waals surface area (Å²) in [7, 11) is 1.66. The number of benzene rings is 1. The number of hydrogen-bond acceptors (Lipinski definition) is 3. The fourth-order valence-electron chi connectivity index (χ4n) is 1.51. The fourth-order valence-corrected chi connectivity index (χ4v) is 1.51. The van der Waals surface area contributed by atoms with Gasteiger partial charge in [0.1, 0.15) is 5.82 Å². The molecule has 98 valence electrons. The third-order valence-corrected chi connectivity index (χ3v) is 2.42. The fraction of sp³-hybridized carbons (Fsp3) is 0.0833. The minimum atomic E-state index is -1.36. The molecule has 1 heterocycles. The first-order valence-electron chi connectivity index (χ1n) is 5.30. The van der Waals surface area contributed by atoms with Gasteiger partial charge in [0, 0.05) is 18.9 Å². The van der Waals surface area contributed by atoms with Gasteiger partial charge in [-0.25, -0.2) is 9.18 Å². The van der Waals surface area contributed by atoms with Crippen LogP contribution < -0.4 is 5.32 Å². The number of amides is 1. The van der Waals surface area contributed by atoms with Crippen molar-refractivity contribution in [2.45, 2.75) is 0 Å². The molecule has 6 nitrogen and oxygen atoms in total. The molecule has 2 rings (SSSR count). The number of halogens is 1. The second kappa shape index (κ2) is 4.89. The summed E-state index contributed by atoms with van der Waals surface area (Å²) in [5, 5.41) is 15.0. The smallest absolute Gasteiger partial charge is 0.338 e. The number of nitrogens with one attached hydrogen (secondary N) is 1. The lowest BCUT2D eigenvalue weighted by Crippen LogP contribution is -2.12. The molecule has 0 radical (unpaired) electrons. The van der Waals surface area contributed by atoms with Crippen LogP contribution in [0.5, 0.6) is 0 Å². The lowest BCUT2D eigenvalue weighted by molar-refractivity contribution is 0.0692. The van der Waals surface area contributed by atoms with Crippen LogP contribution in [0.3, 0.4) is 0 Å². The van der Waals surface area contributed by atoms with Crippen molar-refractivity contribution >= 4 is 17.6 Å². The van der Waals surface area contributed by atoms with Gasteiger partial charge in [0.2, 0.25) is 0 Å². The van der Waals surface area contributed by atoms with Gasteiger partial charge >= 0.3 is 5.97 Å². The standard InChI is InChI=1S/C12H10FN3O3/c1-16-6-7(5-14-16)11(17)15-8-2-3-9(12(18)19)10(13)4-8/h2-6H,1H3,(H,15,17)(H,18,19). The minimum Gasteiger partial charge on any atom is -0.478 e. The maximum Gasteiger partial charge on any atom is 0.338 e. The number of aryl methyl sites for hydroxylation is 1. The van der Waals surface area contributed by atoms with Crippen molar-refractivity contribution in [3.05, 3.63) is 47.5 Å². The van der Waals surface area contributed by atoms with Gasteiger partial charge in [0.25, 0.3) is 5.91 Å². The van der Waals surface area contributed by atoms with E-state index < -0.39 is 23.3 Å². The summed E-state index contributed by atoms with van der Waals surface area (Å²) in [5.41, 5.74) is 0.0564. The topological polar surface area (TPSA) is 84.2 Å². The molecule has 1 aromatic carbocycles. The molecule has 0 bridgehead atoms. The van der Waals surface area contributed by atoms with Crippen LogP contribution in [-0.2, 0) is 7.05 Å². The van der Waals surface area contributed by atoms with E-state index in [1.54, 1.807) is 7.05 Å². The maximum atomic E-state index is 13.4. The molecule has 1 aromatic heterocycles. The van der Waals surface area contributed by atoms with Crippen molar-refractivity contribution < 1.29 is 19.1 Å². The number of carbonyl (C=O) groups excluding carboxylic acids is 1. The van der Waals surface area contributed by atoms with Crippen LogP contribution >= 0.6 is 0 Å². The number of anilines is 1. The van der Waals surface area contributed by atoms with Gasteiger partial charge in [-0.05, 0) is 18.2 Å². The van der Waals surface area contributed by atoms with Crippen LogP contribution in [0.2, 0.25) is 0 Å². The molecule has 0 aliphatic carbocycles. The number of carbonyl (C=O) groups is 2. The number of rotatable bonds is 3. The van der Waals surface area contributed by atoms with E-state index in [9.17, 15) is 14.0 Å². The van der Waals surface area contributed by atoms with Gasteiger partial charge in [-0.2, -0.15) is 5.10 Å². The third-order valence-electron chi connectivity index (χ3n) is 2.42. The molecule has 0 atom stereocenters. The molecule has 0 aliphatic heterocycles. The van der Waals surface area contributed by atoms with Gasteiger partial charge in [-0.1, -0.05) is 0 Å². The van der Waals surface area contributed by atoms with Crippen LogP contribution in [0.25, 0.3) is 0 Å². The monoisotopic (exact) mass is 263 g/mol. The second-order valence-corrected chi connectivity index (χ2v) is 3.86. The Kier molecular flexibility index (Phi) is 3.28. The summed E-state index contributed by atoms with van der Waals surface area (Å²) < 4.78 is 14.9. The number of carboxylic acids is 1. The van der Waals surface area contributed by atoms with Crippen molar-refractivity contribution in [3.8, 4) is 0 Å². The van der Waals surface area contributed by atoms with Crippen LogP contribution in [0.4, 0.5) is 10.1 Å². The van der Waals surface area contributed by atoms with Crippen molar-refractivity contribution in [2.24, 2.45) is 7.05 Å². The molecule has 1 amide bonds. The molecule has 2 aromatic rings. The minimum absolute atomic E-state index is 0.177. The van der Waals surface area contributed by atoms with Gasteiger partial charge in [-0.3, -0.25) is 9.48 Å². The van der Waals surface area contributed by atoms with Gasteiger partial charge in [0.15, 0.2) is 0 Å². The van der Waals surface area contributed by atoms with Crippen LogP contribution in [-0.4, -0.2) is 26.8 Å². The molecule has 0 fully saturated rings. The number of carboxylic acid groups (broad SMARTS) is 1. The zero-order valence-corrected chi connectivity index (χ0v) is 9.92. The molecule has 0 unspecified atom stereocenters. The molecule has 0 saturated carbocycles. The molecule has 19 heavy (non-hydrogen) atoms. The average Bonchev–Trinajstić information content (AvgIpc) is 2.75. The van der Waals surface area contributed by atoms with E-state index in [-0.39, 0.29) is 5.69 Å². The van der Waals surface area contributed by atoms with E-state index in [1.807, 2.05) is 0 Å². The highest BCUT2D eigenvalue weighted by Gasteiger charge is 2.13. The lowest BCUT2D eigenvalue weighted by atomic mass is 10.2. The Morgan fingerprint density at radius 3 is 2.68 bits per heavy atom. The first kappa shape index (κ1) is 12.7. The summed E-state index contributed by atoms with van der Waals surface area (Å²) >= 11 is 0. The Hall–Kier alpha value is -2.70. The SMILES string of the molecule is Cn1cc(C(=O)Nc2ccc(C(=O)O)c(F)c2)cn1. The van der Waals surface area contributed by atoms with Crippen molar-refractivity contribution in [2.75, 3.05) is 5.32 Å². The van der Waals surface area contributed by atoms with E-state index >= 15 is 0 Å². The first-order valence-corrected chi connectivity index (χ1v) is 5.30. The first-order chi connectivity index (χ1) is 8.97. The van der Waals surface area contributed by atoms with Gasteiger partial charge in [-0.15, -0.1) is 0 Å². The molecule has 7 heteroatoms. The number of aromatic carboxylic acids is 1. The highest BCUT2D eigenvalue weighted by atomic mass is 19.1. The second-order valence-electron chi connectivity index (χ2n) is 3.86. The van der Waals surface area contributed by atoms with E-state index in [0.29, 0.717) is 5.56 Å². The summed E-state index contributed by atoms with van der Waals surface area (Å²) in [6, 6.07) is 3.37. The van der Waals surface area contributed by atoms with E-state index in [1.165, 1.54) is 23.1 Å². The zero-order valence-electron chi connectivity index (χ0n) is 9.92. The maximum absolute atomic E-state index is 13.4. The van der Waals surface area contributed by atoms with E-state index in [0.717, 1.165) is 12.1 Å². The third kappa shape index (κ3) is 2.76. The number of aromatic nitrogens is 2. The molecule has 0 saturated heterocycles. The summed E-state index contributed by atoms with van der Waals surface area (Å²) in [5.74, 6) is -2.71. The van der Waals surface area contributed by atoms with Crippen LogP contribution in [0.15, 0.2) is 30.6 Å². The number of nitrogens with zero attached hydrogens (tertiary/aromatic N) is 2. The average molecular weight is 263 g/mol. The highest BCUT2D eigenvalue weighted by Crippen LogP contribution is 2.15. The van der Waals surface area contributed by atoms with Crippen LogP contribution in [0.1, 0.15) is 20.7 Å². The Bertz CT molecular complexity index is 651. The van der Waals surface area contributed by atoms with E-state index in [2.05, 4.69) is 10.4 Å². The number of hydrogen-bond donors (Lipinski definition) is 2. The molecular weight excluding hydrogens is 253 g/mol. The van der Waals surface area contributed by atoms with Crippen molar-refractivity contribution in [1.29, 1.82) is 0 Å². The van der Waals surface area contributed by atoms with E-state index in [4.69, 9.17) is 5.11 Å². The normalized spacial score (nSPS) is 10.2. The largest absolute Gasteiger partial charge is 0.478 e. The van der Waals surface area contributed by atoms with Crippen molar-refractivity contribution in [3.63, 3.8) is 0 Å². The predicted octanol–water partition coefficient (Wildman–Crippen LogP) is 1.51.